The lowest BCUT2D eigenvalue weighted by molar-refractivity contribution is -0.151. The lowest BCUT2D eigenvalue weighted by Crippen LogP contribution is -2.39. The first-order valence-corrected chi connectivity index (χ1v) is 19.0. The van der Waals surface area contributed by atoms with Crippen LogP contribution in [0.4, 0.5) is 8.78 Å². The Morgan fingerprint density at radius 2 is 1.57 bits per heavy atom. The number of hydrogen-bond acceptors (Lipinski definition) is 7. The summed E-state index contributed by atoms with van der Waals surface area (Å²) < 4.78 is 35.3. The van der Waals surface area contributed by atoms with E-state index < -0.39 is 17.7 Å². The standard InChI is InChI=1S/C39H58F2N4O4/c1-3-4-5-6-7-8-9-10-11-12-13-14-15-18-36(46)49-35-17-16-24-45-38(35)42-29(2)32(39(45)47)23-27-44-25-21-30(22-26-44)37(43-48)33-20-19-31(40)28-34(33)41/h19-20,28,30,35,48H,3-18,21-27H2,1-2H3. The summed E-state index contributed by atoms with van der Waals surface area (Å²) >= 11 is 0. The summed E-state index contributed by atoms with van der Waals surface area (Å²) in [7, 11) is 0. The Balaban J connectivity index is 1.18. The van der Waals surface area contributed by atoms with Gasteiger partial charge in [0.05, 0.1) is 5.71 Å². The molecule has 0 bridgehead atoms. The lowest BCUT2D eigenvalue weighted by Gasteiger charge is -2.32. The first kappa shape index (κ1) is 38.7. The van der Waals surface area contributed by atoms with E-state index in [1.165, 1.54) is 76.3 Å². The van der Waals surface area contributed by atoms with Gasteiger partial charge in [-0.1, -0.05) is 89.1 Å². The Kier molecular flexibility index (Phi) is 16.2. The number of carbonyl (C=O) groups is 1. The monoisotopic (exact) mass is 684 g/mol. The second-order valence-electron chi connectivity index (χ2n) is 14.1. The molecule has 1 aromatic carbocycles. The normalized spacial score (nSPS) is 17.3. The van der Waals surface area contributed by atoms with Crippen molar-refractivity contribution in [3.8, 4) is 0 Å². The molecule has 49 heavy (non-hydrogen) atoms. The minimum atomic E-state index is -0.738. The Hall–Kier alpha value is -3.14. The molecule has 272 valence electrons. The number of benzene rings is 1. The van der Waals surface area contributed by atoms with Crippen LogP contribution in [0.2, 0.25) is 0 Å². The van der Waals surface area contributed by atoms with Gasteiger partial charge in [-0.05, 0) is 70.7 Å². The van der Waals surface area contributed by atoms with Crippen molar-refractivity contribution in [3.63, 3.8) is 0 Å². The SMILES string of the molecule is CCCCCCCCCCCCCCCC(=O)OC1CCCn2c1nc(C)c(CCN1CCC(C(=NO)c3ccc(F)cc3F)CC1)c2=O. The Labute approximate surface area is 291 Å². The zero-order valence-corrected chi connectivity index (χ0v) is 29.9. The van der Waals surface area contributed by atoms with E-state index >= 15 is 0 Å². The molecular weight excluding hydrogens is 626 g/mol. The molecule has 1 aromatic heterocycles. The minimum Gasteiger partial charge on any atom is -0.454 e. The zero-order valence-electron chi connectivity index (χ0n) is 29.9. The van der Waals surface area contributed by atoms with Crippen molar-refractivity contribution >= 4 is 11.7 Å². The second-order valence-corrected chi connectivity index (χ2v) is 14.1. The highest BCUT2D eigenvalue weighted by Gasteiger charge is 2.29. The third-order valence-corrected chi connectivity index (χ3v) is 10.4. The number of carbonyl (C=O) groups excluding carboxylic acids is 1. The molecule has 10 heteroatoms. The number of ether oxygens (including phenoxy) is 1. The van der Waals surface area contributed by atoms with Gasteiger partial charge < -0.3 is 14.8 Å². The van der Waals surface area contributed by atoms with Crippen LogP contribution in [0, 0.1) is 24.5 Å². The Bertz CT molecular complexity index is 1420. The molecule has 8 nitrogen and oxygen atoms in total. The fourth-order valence-electron chi connectivity index (χ4n) is 7.40. The quantitative estimate of drug-likeness (QED) is 0.0492. The molecule has 0 radical (unpaired) electrons. The Morgan fingerprint density at radius 1 is 0.939 bits per heavy atom. The van der Waals surface area contributed by atoms with Crippen LogP contribution in [0.15, 0.2) is 28.1 Å². The summed E-state index contributed by atoms with van der Waals surface area (Å²) in [6.45, 7) is 6.73. The molecule has 2 aromatic rings. The maximum absolute atomic E-state index is 14.4. The summed E-state index contributed by atoms with van der Waals surface area (Å²) in [4.78, 5) is 33.4. The molecule has 1 unspecified atom stereocenters. The number of fused-ring (bicyclic) bond motifs is 1. The van der Waals surface area contributed by atoms with Gasteiger partial charge in [-0.2, -0.15) is 0 Å². The minimum absolute atomic E-state index is 0.0592. The number of piperidine rings is 1. The van der Waals surface area contributed by atoms with E-state index in [2.05, 4.69) is 17.0 Å². The van der Waals surface area contributed by atoms with E-state index in [4.69, 9.17) is 9.72 Å². The average molecular weight is 685 g/mol. The van der Waals surface area contributed by atoms with E-state index in [-0.39, 0.29) is 28.7 Å². The second kappa shape index (κ2) is 20.5. The van der Waals surface area contributed by atoms with E-state index in [1.807, 2.05) is 6.92 Å². The number of oxime groups is 1. The van der Waals surface area contributed by atoms with Crippen LogP contribution in [0.1, 0.15) is 151 Å². The van der Waals surface area contributed by atoms with E-state index in [9.17, 15) is 23.6 Å². The number of aromatic nitrogens is 2. The number of halogens is 2. The summed E-state index contributed by atoms with van der Waals surface area (Å²) in [6.07, 6.45) is 19.5. The van der Waals surface area contributed by atoms with E-state index in [0.717, 1.165) is 31.7 Å². The van der Waals surface area contributed by atoms with Crippen LogP contribution in [-0.2, 0) is 22.5 Å². The van der Waals surface area contributed by atoms with Gasteiger partial charge in [-0.25, -0.2) is 13.8 Å². The topological polar surface area (TPSA) is 97.0 Å². The highest BCUT2D eigenvalue weighted by molar-refractivity contribution is 6.02. The van der Waals surface area contributed by atoms with Crippen LogP contribution in [0.5, 0.6) is 0 Å². The third-order valence-electron chi connectivity index (χ3n) is 10.4. The van der Waals surface area contributed by atoms with Crippen LogP contribution < -0.4 is 5.56 Å². The number of unbranched alkanes of at least 4 members (excludes halogenated alkanes) is 12. The van der Waals surface area contributed by atoms with Gasteiger partial charge in [0.1, 0.15) is 11.6 Å². The summed E-state index contributed by atoms with van der Waals surface area (Å²) in [5.41, 5.74) is 1.65. The van der Waals surface area contributed by atoms with Gasteiger partial charge in [0.15, 0.2) is 11.9 Å². The molecule has 1 saturated heterocycles. The number of nitrogens with zero attached hydrogens (tertiary/aromatic N) is 4. The third kappa shape index (κ3) is 11.7. The summed E-state index contributed by atoms with van der Waals surface area (Å²) in [6, 6.07) is 3.28. The predicted octanol–water partition coefficient (Wildman–Crippen LogP) is 8.82. The molecule has 1 atom stereocenters. The fraction of sp³-hybridized carbons (Fsp3) is 0.692. The lowest BCUT2D eigenvalue weighted by atomic mass is 9.88. The van der Waals surface area contributed by atoms with Crippen molar-refractivity contribution in [1.82, 2.24) is 14.5 Å². The van der Waals surface area contributed by atoms with E-state index in [1.54, 1.807) is 4.57 Å². The van der Waals surface area contributed by atoms with Crippen molar-refractivity contribution in [1.29, 1.82) is 0 Å². The van der Waals surface area contributed by atoms with Gasteiger partial charge in [0, 0.05) is 48.3 Å². The summed E-state index contributed by atoms with van der Waals surface area (Å²) in [5.74, 6) is -1.22. The first-order valence-electron chi connectivity index (χ1n) is 19.0. The number of rotatable bonds is 20. The molecule has 0 saturated carbocycles. The fourth-order valence-corrected chi connectivity index (χ4v) is 7.40. The molecule has 0 amide bonds. The van der Waals surface area contributed by atoms with Crippen molar-refractivity contribution in [2.75, 3.05) is 19.6 Å². The van der Waals surface area contributed by atoms with Crippen LogP contribution in [0.25, 0.3) is 0 Å². The predicted molar refractivity (Wildman–Crippen MR) is 189 cm³/mol. The molecule has 2 aliphatic rings. The van der Waals surface area contributed by atoms with Gasteiger partial charge in [0.25, 0.3) is 5.56 Å². The average Bonchev–Trinajstić information content (AvgIpc) is 3.09. The van der Waals surface area contributed by atoms with Crippen molar-refractivity contribution < 1.29 is 23.5 Å². The molecule has 1 fully saturated rings. The smallest absolute Gasteiger partial charge is 0.306 e. The highest BCUT2D eigenvalue weighted by atomic mass is 19.1. The van der Waals surface area contributed by atoms with Crippen molar-refractivity contribution in [2.45, 2.75) is 148 Å². The first-order chi connectivity index (χ1) is 23.8. The van der Waals surface area contributed by atoms with Crippen LogP contribution in [0.3, 0.4) is 0 Å². The number of likely N-dealkylation sites (tertiary alicyclic amines) is 1. The van der Waals surface area contributed by atoms with Gasteiger partial charge in [-0.15, -0.1) is 0 Å². The molecule has 0 aliphatic carbocycles. The highest BCUT2D eigenvalue weighted by Crippen LogP contribution is 2.28. The maximum atomic E-state index is 14.4. The molecule has 1 N–H and O–H groups in total. The van der Waals surface area contributed by atoms with E-state index in [0.29, 0.717) is 75.4 Å². The van der Waals surface area contributed by atoms with Gasteiger partial charge >= 0.3 is 5.97 Å². The number of aryl methyl sites for hydroxylation is 1. The molecule has 4 rings (SSSR count). The number of hydrogen-bond donors (Lipinski definition) is 1. The Morgan fingerprint density at radius 3 is 2.18 bits per heavy atom. The zero-order chi connectivity index (χ0) is 35.0. The van der Waals surface area contributed by atoms with Gasteiger partial charge in [-0.3, -0.25) is 14.2 Å². The van der Waals surface area contributed by atoms with Crippen LogP contribution >= 0.6 is 0 Å². The molecule has 0 spiro atoms. The summed E-state index contributed by atoms with van der Waals surface area (Å²) in [5, 5.41) is 13.0. The molecular formula is C39H58F2N4O4. The number of esters is 1. The largest absolute Gasteiger partial charge is 0.454 e. The van der Waals surface area contributed by atoms with Crippen LogP contribution in [-0.4, -0.2) is 51.0 Å². The van der Waals surface area contributed by atoms with Gasteiger partial charge in [0.2, 0.25) is 0 Å². The molecule has 2 aliphatic heterocycles. The van der Waals surface area contributed by atoms with Crippen molar-refractivity contribution in [2.24, 2.45) is 11.1 Å². The molecule has 3 heterocycles. The maximum Gasteiger partial charge on any atom is 0.306 e. The van der Waals surface area contributed by atoms with Crippen molar-refractivity contribution in [3.05, 3.63) is 62.8 Å².